The molecule has 0 aromatic carbocycles. The summed E-state index contributed by atoms with van der Waals surface area (Å²) in [6, 6.07) is 2.54. The highest BCUT2D eigenvalue weighted by molar-refractivity contribution is 5.36. The number of rotatable bonds is 1. The summed E-state index contributed by atoms with van der Waals surface area (Å²) in [5, 5.41) is 7.84. The van der Waals surface area contributed by atoms with Crippen LogP contribution >= 0.6 is 0 Å². The topological polar surface area (TPSA) is 29.9 Å². The molecule has 0 amide bonds. The molecular weight excluding hydrogens is 162 g/mol. The first-order chi connectivity index (χ1) is 6.20. The summed E-state index contributed by atoms with van der Waals surface area (Å²) in [4.78, 5) is 0. The first-order valence-electron chi connectivity index (χ1n) is 4.74. The smallest absolute Gasteiger partial charge is 0.0658 e. The second-order valence-electron chi connectivity index (χ2n) is 3.54. The molecule has 0 bridgehead atoms. The largest absolute Gasteiger partial charge is 0.379 e. The van der Waals surface area contributed by atoms with Crippen LogP contribution in [0.4, 0.5) is 0 Å². The number of nitrogens with zero attached hydrogens (tertiary/aromatic N) is 2. The molecule has 1 aromatic rings. The van der Waals surface area contributed by atoms with Crippen LogP contribution in [0.25, 0.3) is 6.20 Å². The van der Waals surface area contributed by atoms with Gasteiger partial charge in [0.15, 0.2) is 0 Å². The number of nitrogens with one attached hydrogen (secondary N) is 1. The number of fused-ring (bicyclic) bond motifs is 1. The molecule has 1 unspecified atom stereocenters. The third-order valence-electron chi connectivity index (χ3n) is 2.38. The lowest BCUT2D eigenvalue weighted by Crippen LogP contribution is -2.23. The van der Waals surface area contributed by atoms with E-state index in [0.29, 0.717) is 6.04 Å². The van der Waals surface area contributed by atoms with Crippen molar-refractivity contribution in [3.8, 4) is 0 Å². The monoisotopic (exact) mass is 177 g/mol. The van der Waals surface area contributed by atoms with Crippen molar-refractivity contribution in [1.82, 2.24) is 15.1 Å². The summed E-state index contributed by atoms with van der Waals surface area (Å²) >= 11 is 0. The third-order valence-corrected chi connectivity index (χ3v) is 2.38. The molecule has 2 rings (SSSR count). The first kappa shape index (κ1) is 8.35. The molecule has 1 aliphatic rings. The van der Waals surface area contributed by atoms with Crippen molar-refractivity contribution in [3.63, 3.8) is 0 Å². The van der Waals surface area contributed by atoms with E-state index in [1.54, 1.807) is 0 Å². The molecule has 0 aliphatic carbocycles. The Balaban J connectivity index is 2.47. The van der Waals surface area contributed by atoms with E-state index in [1.165, 1.54) is 11.4 Å². The maximum Gasteiger partial charge on any atom is 0.0658 e. The molecule has 1 aliphatic heterocycles. The van der Waals surface area contributed by atoms with Crippen molar-refractivity contribution in [2.24, 2.45) is 0 Å². The Labute approximate surface area is 78.4 Å². The molecule has 1 atom stereocenters. The third kappa shape index (κ3) is 1.34. The Hall–Kier alpha value is -1.25. The van der Waals surface area contributed by atoms with Crippen molar-refractivity contribution in [2.75, 3.05) is 0 Å². The minimum Gasteiger partial charge on any atom is -0.379 e. The molecule has 3 nitrogen and oxygen atoms in total. The fourth-order valence-corrected chi connectivity index (χ4v) is 1.70. The van der Waals surface area contributed by atoms with Crippen molar-refractivity contribution >= 4 is 6.20 Å². The van der Waals surface area contributed by atoms with Gasteiger partial charge in [-0.3, -0.25) is 0 Å². The van der Waals surface area contributed by atoms with Gasteiger partial charge in [-0.05, 0) is 26.3 Å². The molecule has 1 aromatic heterocycles. The fraction of sp³-hybridized carbons (Fsp3) is 0.500. The summed E-state index contributed by atoms with van der Waals surface area (Å²) in [5.41, 5.74) is 3.59. The highest BCUT2D eigenvalue weighted by Gasteiger charge is 2.16. The molecule has 3 heteroatoms. The molecule has 1 N–H and O–H groups in total. The van der Waals surface area contributed by atoms with Gasteiger partial charge in [0.1, 0.15) is 0 Å². The van der Waals surface area contributed by atoms with E-state index in [9.17, 15) is 0 Å². The lowest BCUT2D eigenvalue weighted by molar-refractivity contribution is 0.589. The van der Waals surface area contributed by atoms with Crippen molar-refractivity contribution in [2.45, 2.75) is 33.2 Å². The van der Waals surface area contributed by atoms with Gasteiger partial charge >= 0.3 is 0 Å². The van der Waals surface area contributed by atoms with Crippen molar-refractivity contribution in [3.05, 3.63) is 23.2 Å². The molecule has 0 fully saturated rings. The standard InChI is InChI=1S/C10H15N3/c1-4-9-5-10-8(3)11-7(2)6-13(10)12-9/h5-6,8,11H,4H2,1-3H3. The molecule has 0 spiro atoms. The highest BCUT2D eigenvalue weighted by atomic mass is 15.3. The Kier molecular flexibility index (Phi) is 1.87. The van der Waals surface area contributed by atoms with E-state index in [0.717, 1.165) is 12.1 Å². The van der Waals surface area contributed by atoms with Gasteiger partial charge in [-0.1, -0.05) is 6.92 Å². The van der Waals surface area contributed by atoms with Crippen LogP contribution in [0.1, 0.15) is 38.2 Å². The lowest BCUT2D eigenvalue weighted by Gasteiger charge is -2.20. The summed E-state index contributed by atoms with van der Waals surface area (Å²) in [6.45, 7) is 6.35. The molecule has 0 saturated carbocycles. The van der Waals surface area contributed by atoms with Crippen molar-refractivity contribution in [1.29, 1.82) is 0 Å². The van der Waals surface area contributed by atoms with Crippen LogP contribution in [0.5, 0.6) is 0 Å². The number of aromatic nitrogens is 2. The molecule has 13 heavy (non-hydrogen) atoms. The van der Waals surface area contributed by atoms with Gasteiger partial charge in [0.25, 0.3) is 0 Å². The van der Waals surface area contributed by atoms with Gasteiger partial charge in [0, 0.05) is 11.9 Å². The molecule has 2 heterocycles. The van der Waals surface area contributed by atoms with Crippen LogP contribution in [0.3, 0.4) is 0 Å². The minimum atomic E-state index is 0.373. The Morgan fingerprint density at radius 3 is 3.08 bits per heavy atom. The number of hydrogen-bond donors (Lipinski definition) is 1. The van der Waals surface area contributed by atoms with Crippen molar-refractivity contribution < 1.29 is 0 Å². The molecule has 0 radical (unpaired) electrons. The van der Waals surface area contributed by atoms with E-state index >= 15 is 0 Å². The molecular formula is C10H15N3. The van der Waals surface area contributed by atoms with Crippen LogP contribution < -0.4 is 5.32 Å². The first-order valence-corrected chi connectivity index (χ1v) is 4.74. The predicted octanol–water partition coefficient (Wildman–Crippen LogP) is 1.93. The van der Waals surface area contributed by atoms with Crippen LogP contribution in [0.15, 0.2) is 11.8 Å². The fourth-order valence-electron chi connectivity index (χ4n) is 1.70. The van der Waals surface area contributed by atoms with Gasteiger partial charge in [-0.2, -0.15) is 5.10 Å². The Morgan fingerprint density at radius 2 is 2.38 bits per heavy atom. The zero-order chi connectivity index (χ0) is 9.42. The quantitative estimate of drug-likeness (QED) is 0.710. The second kappa shape index (κ2) is 2.91. The van der Waals surface area contributed by atoms with E-state index in [1.807, 2.05) is 10.9 Å². The zero-order valence-electron chi connectivity index (χ0n) is 8.33. The van der Waals surface area contributed by atoms with Gasteiger partial charge in [-0.25, -0.2) is 4.68 Å². The SMILES string of the molecule is CCc1cc2n(n1)C=C(C)NC2C. The second-order valence-corrected chi connectivity index (χ2v) is 3.54. The average Bonchev–Trinajstić information content (AvgIpc) is 2.47. The summed E-state index contributed by atoms with van der Waals surface area (Å²) in [6.07, 6.45) is 3.04. The summed E-state index contributed by atoms with van der Waals surface area (Å²) < 4.78 is 1.98. The van der Waals surface area contributed by atoms with Crippen LogP contribution in [-0.2, 0) is 6.42 Å². The number of allylic oxidation sites excluding steroid dienone is 1. The van der Waals surface area contributed by atoms with Crippen LogP contribution in [-0.4, -0.2) is 9.78 Å². The number of hydrogen-bond acceptors (Lipinski definition) is 2. The minimum absolute atomic E-state index is 0.373. The molecule has 0 saturated heterocycles. The van der Waals surface area contributed by atoms with Gasteiger partial charge < -0.3 is 5.32 Å². The van der Waals surface area contributed by atoms with Gasteiger partial charge in [0.2, 0.25) is 0 Å². The Morgan fingerprint density at radius 1 is 1.62 bits per heavy atom. The number of aryl methyl sites for hydroxylation is 1. The Bertz CT molecular complexity index is 349. The highest BCUT2D eigenvalue weighted by Crippen LogP contribution is 2.20. The zero-order valence-corrected chi connectivity index (χ0v) is 8.33. The van der Waals surface area contributed by atoms with Crippen LogP contribution in [0.2, 0.25) is 0 Å². The molecule has 70 valence electrons. The van der Waals surface area contributed by atoms with Gasteiger partial charge in [-0.15, -0.1) is 0 Å². The van der Waals surface area contributed by atoms with E-state index in [4.69, 9.17) is 0 Å². The predicted molar refractivity (Wildman–Crippen MR) is 53.1 cm³/mol. The van der Waals surface area contributed by atoms with Crippen LogP contribution in [0, 0.1) is 0 Å². The average molecular weight is 177 g/mol. The maximum atomic E-state index is 4.47. The normalized spacial score (nSPS) is 20.5. The van der Waals surface area contributed by atoms with E-state index in [2.05, 4.69) is 37.3 Å². The lowest BCUT2D eigenvalue weighted by atomic mass is 10.2. The summed E-state index contributed by atoms with van der Waals surface area (Å²) in [5.74, 6) is 0. The maximum absolute atomic E-state index is 4.47. The van der Waals surface area contributed by atoms with Gasteiger partial charge in [0.05, 0.1) is 17.4 Å². The van der Waals surface area contributed by atoms with E-state index < -0.39 is 0 Å². The van der Waals surface area contributed by atoms with E-state index in [-0.39, 0.29) is 0 Å². The summed E-state index contributed by atoms with van der Waals surface area (Å²) in [7, 11) is 0.